The lowest BCUT2D eigenvalue weighted by Crippen LogP contribution is -2.39. The molecule has 0 fully saturated rings. The predicted octanol–water partition coefficient (Wildman–Crippen LogP) is 4.75. The third-order valence-corrected chi connectivity index (χ3v) is 5.50. The molecule has 1 aromatic carbocycles. The van der Waals surface area contributed by atoms with E-state index < -0.39 is 0 Å². The second-order valence-corrected chi connectivity index (χ2v) is 7.78. The smallest absolute Gasteiger partial charge is 0.251 e. The largest absolute Gasteiger partial charge is 0.357 e. The summed E-state index contributed by atoms with van der Waals surface area (Å²) in [7, 11) is 0. The predicted molar refractivity (Wildman–Crippen MR) is 135 cm³/mol. The Morgan fingerprint density at radius 3 is 2.48 bits per heavy atom. The average molecular weight is 529 g/mol. The summed E-state index contributed by atoms with van der Waals surface area (Å²) in [5, 5.41) is 11.8. The van der Waals surface area contributed by atoms with Crippen LogP contribution in [0.3, 0.4) is 0 Å². The van der Waals surface area contributed by atoms with E-state index in [-0.39, 0.29) is 29.9 Å². The number of rotatable bonds is 10. The first-order valence-electron chi connectivity index (χ1n) is 10.1. The van der Waals surface area contributed by atoms with Gasteiger partial charge in [0.05, 0.1) is 6.54 Å². The fraction of sp³-hybridized carbons (Fsp3) is 0.455. The first-order valence-corrected chi connectivity index (χ1v) is 10.9. The number of carbonyl (C=O) groups is 1. The van der Waals surface area contributed by atoms with Crippen LogP contribution in [-0.2, 0) is 6.54 Å². The van der Waals surface area contributed by atoms with Gasteiger partial charge in [-0.3, -0.25) is 4.79 Å². The number of hydrogen-bond acceptors (Lipinski definition) is 3. The number of guanidine groups is 1. The van der Waals surface area contributed by atoms with Crippen LogP contribution in [0.4, 0.5) is 0 Å². The summed E-state index contributed by atoms with van der Waals surface area (Å²) < 4.78 is 0. The van der Waals surface area contributed by atoms with Gasteiger partial charge in [0.1, 0.15) is 0 Å². The number of amides is 1. The van der Waals surface area contributed by atoms with E-state index in [0.29, 0.717) is 18.0 Å². The van der Waals surface area contributed by atoms with Crippen molar-refractivity contribution < 1.29 is 4.79 Å². The van der Waals surface area contributed by atoms with Crippen LogP contribution in [0.5, 0.6) is 0 Å². The van der Waals surface area contributed by atoms with E-state index >= 15 is 0 Å². The van der Waals surface area contributed by atoms with Crippen molar-refractivity contribution in [3.8, 4) is 0 Å². The molecule has 1 unspecified atom stereocenters. The summed E-state index contributed by atoms with van der Waals surface area (Å²) >= 11 is 1.78. The van der Waals surface area contributed by atoms with Gasteiger partial charge in [0.25, 0.3) is 5.91 Å². The van der Waals surface area contributed by atoms with Gasteiger partial charge in [0.15, 0.2) is 5.96 Å². The van der Waals surface area contributed by atoms with Gasteiger partial charge in [-0.15, -0.1) is 35.3 Å². The second-order valence-electron chi connectivity index (χ2n) is 6.80. The summed E-state index contributed by atoms with van der Waals surface area (Å²) in [6.45, 7) is 9.34. The van der Waals surface area contributed by atoms with Crippen molar-refractivity contribution in [1.82, 2.24) is 16.0 Å². The van der Waals surface area contributed by atoms with E-state index in [4.69, 9.17) is 0 Å². The Morgan fingerprint density at radius 1 is 1.10 bits per heavy atom. The molecule has 0 spiro atoms. The third-order valence-electron chi connectivity index (χ3n) is 4.40. The number of carbonyl (C=O) groups excluding carboxylic acids is 1. The summed E-state index contributed by atoms with van der Waals surface area (Å²) in [6, 6.07) is 11.9. The quantitative estimate of drug-likeness (QED) is 0.181. The zero-order valence-electron chi connectivity index (χ0n) is 17.5. The lowest BCUT2D eigenvalue weighted by atomic mass is 10.1. The van der Waals surface area contributed by atoms with Gasteiger partial charge in [-0.2, -0.15) is 0 Å². The van der Waals surface area contributed by atoms with Crippen molar-refractivity contribution in [2.75, 3.05) is 19.6 Å². The monoisotopic (exact) mass is 528 g/mol. The Hall–Kier alpha value is -1.61. The first-order chi connectivity index (χ1) is 13.6. The minimum absolute atomic E-state index is 0. The maximum Gasteiger partial charge on any atom is 0.251 e. The Morgan fingerprint density at radius 2 is 1.86 bits per heavy atom. The van der Waals surface area contributed by atoms with Gasteiger partial charge in [0, 0.05) is 36.0 Å². The lowest BCUT2D eigenvalue weighted by molar-refractivity contribution is 0.0953. The fourth-order valence-corrected chi connectivity index (χ4v) is 3.46. The molecule has 2 aromatic rings. The molecule has 7 heteroatoms. The molecule has 2 rings (SSSR count). The molecule has 1 atom stereocenters. The highest BCUT2D eigenvalue weighted by Crippen LogP contribution is 2.19. The normalized spacial score (nSPS) is 12.0. The Labute approximate surface area is 195 Å². The third kappa shape index (κ3) is 9.16. The molecule has 0 aliphatic heterocycles. The van der Waals surface area contributed by atoms with E-state index in [1.54, 1.807) is 11.3 Å². The van der Waals surface area contributed by atoms with Crippen molar-refractivity contribution in [2.45, 2.75) is 46.1 Å². The summed E-state index contributed by atoms with van der Waals surface area (Å²) in [4.78, 5) is 18.1. The van der Waals surface area contributed by atoms with Gasteiger partial charge < -0.3 is 16.0 Å². The number of thiophene rings is 1. The second kappa shape index (κ2) is 14.4. The molecule has 29 heavy (non-hydrogen) atoms. The van der Waals surface area contributed by atoms with E-state index in [1.165, 1.54) is 4.88 Å². The van der Waals surface area contributed by atoms with Crippen LogP contribution in [0.25, 0.3) is 0 Å². The maximum atomic E-state index is 12.1. The highest BCUT2D eigenvalue weighted by Gasteiger charge is 2.08. The minimum atomic E-state index is -0.0129. The Bertz CT molecular complexity index is 732. The van der Waals surface area contributed by atoms with Crippen molar-refractivity contribution in [3.05, 3.63) is 57.8 Å². The van der Waals surface area contributed by atoms with E-state index in [1.807, 2.05) is 24.3 Å². The van der Waals surface area contributed by atoms with Gasteiger partial charge in [-0.05, 0) is 42.5 Å². The van der Waals surface area contributed by atoms with Crippen LogP contribution in [0.2, 0.25) is 0 Å². The molecule has 0 saturated carbocycles. The van der Waals surface area contributed by atoms with Crippen LogP contribution < -0.4 is 16.0 Å². The van der Waals surface area contributed by atoms with Crippen molar-refractivity contribution >= 4 is 47.2 Å². The molecule has 1 aromatic heterocycles. The van der Waals surface area contributed by atoms with Crippen molar-refractivity contribution in [3.63, 3.8) is 0 Å². The van der Waals surface area contributed by atoms with Gasteiger partial charge >= 0.3 is 0 Å². The molecule has 160 valence electrons. The number of nitrogens with one attached hydrogen (secondary N) is 3. The molecule has 1 heterocycles. The molecule has 0 aliphatic carbocycles. The molecular formula is C22H33IN4OS. The molecule has 3 N–H and O–H groups in total. The van der Waals surface area contributed by atoms with Crippen LogP contribution in [0.1, 0.15) is 60.3 Å². The van der Waals surface area contributed by atoms with E-state index in [2.05, 4.69) is 59.2 Å². The minimum Gasteiger partial charge on any atom is -0.357 e. The van der Waals surface area contributed by atoms with E-state index in [9.17, 15) is 4.79 Å². The average Bonchev–Trinajstić information content (AvgIpc) is 3.25. The van der Waals surface area contributed by atoms with Crippen molar-refractivity contribution in [1.29, 1.82) is 0 Å². The highest BCUT2D eigenvalue weighted by atomic mass is 127. The van der Waals surface area contributed by atoms with Crippen LogP contribution in [-0.4, -0.2) is 31.5 Å². The Balaban J connectivity index is 0.00000420. The maximum absolute atomic E-state index is 12.1. The van der Waals surface area contributed by atoms with Gasteiger partial charge in [-0.1, -0.05) is 38.5 Å². The number of halogens is 1. The standard InChI is InChI=1S/C22H32N4OS.HI/c1-4-6-13-24-21(27)19-11-9-18(10-12-19)16-26-22(23-5-2)25-15-17(3)20-8-7-14-28-20;/h7-12,14,17H,4-6,13,15-16H2,1-3H3,(H,24,27)(H2,23,25,26);1H. The summed E-state index contributed by atoms with van der Waals surface area (Å²) in [5.41, 5.74) is 1.77. The number of hydrogen-bond donors (Lipinski definition) is 3. The molecule has 1 amide bonds. The summed E-state index contributed by atoms with van der Waals surface area (Å²) in [6.07, 6.45) is 2.08. The molecular weight excluding hydrogens is 495 g/mol. The Kier molecular flexibility index (Phi) is 12.6. The zero-order valence-corrected chi connectivity index (χ0v) is 20.7. The van der Waals surface area contributed by atoms with Crippen LogP contribution in [0.15, 0.2) is 46.8 Å². The van der Waals surface area contributed by atoms with Gasteiger partial charge in [-0.25, -0.2) is 4.99 Å². The summed E-state index contributed by atoms with van der Waals surface area (Å²) in [5.74, 6) is 1.24. The topological polar surface area (TPSA) is 65.5 Å². The van der Waals surface area contributed by atoms with Crippen LogP contribution >= 0.6 is 35.3 Å². The molecule has 0 radical (unpaired) electrons. The number of nitrogens with zero attached hydrogens (tertiary/aromatic N) is 1. The lowest BCUT2D eigenvalue weighted by Gasteiger charge is -2.15. The highest BCUT2D eigenvalue weighted by molar-refractivity contribution is 14.0. The zero-order chi connectivity index (χ0) is 20.2. The first kappa shape index (κ1) is 25.4. The van der Waals surface area contributed by atoms with Gasteiger partial charge in [0.2, 0.25) is 0 Å². The number of benzene rings is 1. The molecule has 0 bridgehead atoms. The molecule has 0 aliphatic rings. The molecule has 0 saturated heterocycles. The SMILES string of the molecule is CCCCNC(=O)c1ccc(CN=C(NCC)NCC(C)c2cccs2)cc1.I. The fourth-order valence-electron chi connectivity index (χ4n) is 2.68. The van der Waals surface area contributed by atoms with Crippen LogP contribution in [0, 0.1) is 0 Å². The number of unbranched alkanes of at least 4 members (excludes halogenated alkanes) is 1. The van der Waals surface area contributed by atoms with Crippen molar-refractivity contribution in [2.24, 2.45) is 4.99 Å². The number of aliphatic imine (C=N–C) groups is 1. The van der Waals surface area contributed by atoms with E-state index in [0.717, 1.165) is 44.0 Å². The molecule has 5 nitrogen and oxygen atoms in total.